The summed E-state index contributed by atoms with van der Waals surface area (Å²) in [6.07, 6.45) is 5.93. The lowest BCUT2D eigenvalue weighted by Crippen LogP contribution is -2.20. The molecule has 0 aromatic rings. The van der Waals surface area contributed by atoms with E-state index in [2.05, 4.69) is 33.9 Å². The van der Waals surface area contributed by atoms with Crippen molar-refractivity contribution in [1.29, 1.82) is 0 Å². The van der Waals surface area contributed by atoms with Gasteiger partial charge in [-0.2, -0.15) is 0 Å². The van der Waals surface area contributed by atoms with Crippen LogP contribution < -0.4 is 0 Å². The first-order valence-corrected chi connectivity index (χ1v) is 6.76. The Balaban J connectivity index is 1.66. The molecular formula is C13H24N4. The highest BCUT2D eigenvalue weighted by Gasteiger charge is 2.14. The molecule has 2 aliphatic heterocycles. The Morgan fingerprint density at radius 2 is 1.35 bits per heavy atom. The third-order valence-corrected chi connectivity index (χ3v) is 3.57. The van der Waals surface area contributed by atoms with Gasteiger partial charge in [0.2, 0.25) is 0 Å². The maximum absolute atomic E-state index is 4.65. The Morgan fingerprint density at radius 3 is 1.71 bits per heavy atom. The van der Waals surface area contributed by atoms with Crippen molar-refractivity contribution in [3.63, 3.8) is 0 Å². The number of hydrogen-bond acceptors (Lipinski definition) is 2. The van der Waals surface area contributed by atoms with Gasteiger partial charge in [-0.1, -0.05) is 0 Å². The average Bonchev–Trinajstić information content (AvgIpc) is 2.89. The molecule has 4 heteroatoms. The van der Waals surface area contributed by atoms with Gasteiger partial charge in [-0.25, -0.2) is 0 Å². The van der Waals surface area contributed by atoms with Crippen molar-refractivity contribution in [2.75, 3.05) is 40.3 Å². The summed E-state index contributed by atoms with van der Waals surface area (Å²) < 4.78 is 0. The summed E-state index contributed by atoms with van der Waals surface area (Å²) in [6, 6.07) is 0. The molecule has 2 aliphatic rings. The summed E-state index contributed by atoms with van der Waals surface area (Å²) in [5.74, 6) is 2.58. The number of likely N-dealkylation sites (tertiary alicyclic amines) is 2. The van der Waals surface area contributed by atoms with E-state index in [-0.39, 0.29) is 0 Å². The fraction of sp³-hybridized carbons (Fsp3) is 0.846. The van der Waals surface area contributed by atoms with Crippen molar-refractivity contribution in [2.45, 2.75) is 32.1 Å². The van der Waals surface area contributed by atoms with Gasteiger partial charge in [0.15, 0.2) is 0 Å². The highest BCUT2D eigenvalue weighted by atomic mass is 15.2. The first-order chi connectivity index (χ1) is 8.27. The van der Waals surface area contributed by atoms with Crippen LogP contribution >= 0.6 is 0 Å². The van der Waals surface area contributed by atoms with Crippen molar-refractivity contribution in [1.82, 2.24) is 9.80 Å². The number of hydrogen-bond donors (Lipinski definition) is 0. The molecule has 0 aromatic carbocycles. The van der Waals surface area contributed by atoms with Crippen LogP contribution in [0.4, 0.5) is 0 Å². The van der Waals surface area contributed by atoms with E-state index in [1.165, 1.54) is 37.6 Å². The summed E-state index contributed by atoms with van der Waals surface area (Å²) >= 11 is 0. The molecule has 0 bridgehead atoms. The van der Waals surface area contributed by atoms with Crippen molar-refractivity contribution in [3.8, 4) is 0 Å². The van der Waals surface area contributed by atoms with Crippen LogP contribution in [-0.4, -0.2) is 61.7 Å². The van der Waals surface area contributed by atoms with E-state index < -0.39 is 0 Å². The number of aliphatic imine (C=N–C) groups is 2. The third-order valence-electron chi connectivity index (χ3n) is 3.57. The highest BCUT2D eigenvalue weighted by Crippen LogP contribution is 2.10. The van der Waals surface area contributed by atoms with Crippen LogP contribution in [0.1, 0.15) is 32.1 Å². The topological polar surface area (TPSA) is 31.2 Å². The average molecular weight is 236 g/mol. The predicted molar refractivity (Wildman–Crippen MR) is 72.9 cm³/mol. The smallest absolute Gasteiger partial charge is 0.0987 e. The molecule has 2 rings (SSSR count). The van der Waals surface area contributed by atoms with E-state index in [1.54, 1.807) is 0 Å². The molecule has 0 spiro atoms. The minimum Gasteiger partial charge on any atom is -0.363 e. The first-order valence-electron chi connectivity index (χ1n) is 6.76. The Hall–Kier alpha value is -1.06. The summed E-state index contributed by atoms with van der Waals surface area (Å²) in [6.45, 7) is 4.21. The standard InChI is InChI=1S/C13H24N4/c1-16-10-3-6-12(16)14-8-5-9-15-13-7-4-11-17(13)2/h3-11H2,1-2H3. The van der Waals surface area contributed by atoms with Crippen LogP contribution in [-0.2, 0) is 0 Å². The fourth-order valence-electron chi connectivity index (χ4n) is 2.47. The van der Waals surface area contributed by atoms with Crippen molar-refractivity contribution in [3.05, 3.63) is 0 Å². The van der Waals surface area contributed by atoms with Crippen LogP contribution in [0.15, 0.2) is 9.98 Å². The molecule has 17 heavy (non-hydrogen) atoms. The van der Waals surface area contributed by atoms with Crippen molar-refractivity contribution < 1.29 is 0 Å². The van der Waals surface area contributed by atoms with Gasteiger partial charge in [0.05, 0.1) is 11.7 Å². The van der Waals surface area contributed by atoms with E-state index >= 15 is 0 Å². The maximum atomic E-state index is 4.65. The Morgan fingerprint density at radius 1 is 0.882 bits per heavy atom. The molecule has 0 aromatic heterocycles. The summed E-state index contributed by atoms with van der Waals surface area (Å²) in [5.41, 5.74) is 0. The first kappa shape index (κ1) is 12.4. The zero-order valence-corrected chi connectivity index (χ0v) is 11.2. The van der Waals surface area contributed by atoms with Crippen LogP contribution in [0.3, 0.4) is 0 Å². The molecule has 0 atom stereocenters. The second-order valence-electron chi connectivity index (χ2n) is 5.00. The minimum absolute atomic E-state index is 0.931. The molecule has 0 N–H and O–H groups in total. The van der Waals surface area contributed by atoms with E-state index in [4.69, 9.17) is 0 Å². The summed E-state index contributed by atoms with van der Waals surface area (Å²) in [7, 11) is 4.28. The fourth-order valence-corrected chi connectivity index (χ4v) is 2.47. The molecule has 0 aliphatic carbocycles. The van der Waals surface area contributed by atoms with Crippen LogP contribution in [0.25, 0.3) is 0 Å². The molecule has 0 saturated carbocycles. The van der Waals surface area contributed by atoms with Crippen molar-refractivity contribution >= 4 is 11.7 Å². The van der Waals surface area contributed by atoms with Crippen LogP contribution in [0, 0.1) is 0 Å². The van der Waals surface area contributed by atoms with Gasteiger partial charge in [0.25, 0.3) is 0 Å². The van der Waals surface area contributed by atoms with E-state index in [0.717, 1.165) is 32.4 Å². The largest absolute Gasteiger partial charge is 0.363 e. The molecular weight excluding hydrogens is 212 g/mol. The molecule has 2 saturated heterocycles. The molecule has 96 valence electrons. The van der Waals surface area contributed by atoms with Crippen LogP contribution in [0.5, 0.6) is 0 Å². The van der Waals surface area contributed by atoms with Gasteiger partial charge in [0, 0.05) is 53.1 Å². The Kier molecular flexibility index (Phi) is 4.40. The van der Waals surface area contributed by atoms with Crippen LogP contribution in [0.2, 0.25) is 0 Å². The third kappa shape index (κ3) is 3.45. The van der Waals surface area contributed by atoms with Gasteiger partial charge < -0.3 is 9.80 Å². The quantitative estimate of drug-likeness (QED) is 0.695. The van der Waals surface area contributed by atoms with Gasteiger partial charge >= 0.3 is 0 Å². The van der Waals surface area contributed by atoms with Gasteiger partial charge in [-0.15, -0.1) is 0 Å². The van der Waals surface area contributed by atoms with Gasteiger partial charge in [-0.3, -0.25) is 9.98 Å². The predicted octanol–water partition coefficient (Wildman–Crippen LogP) is 1.62. The van der Waals surface area contributed by atoms with E-state index in [1.807, 2.05) is 0 Å². The van der Waals surface area contributed by atoms with Crippen molar-refractivity contribution in [2.24, 2.45) is 9.98 Å². The summed E-state index contributed by atoms with van der Waals surface area (Å²) in [5, 5.41) is 0. The van der Waals surface area contributed by atoms with E-state index in [9.17, 15) is 0 Å². The zero-order valence-electron chi connectivity index (χ0n) is 11.2. The molecule has 4 nitrogen and oxygen atoms in total. The maximum Gasteiger partial charge on any atom is 0.0987 e. The van der Waals surface area contributed by atoms with Gasteiger partial charge in [-0.05, 0) is 19.3 Å². The Labute approximate surface area is 104 Å². The number of amidine groups is 2. The zero-order chi connectivity index (χ0) is 12.1. The minimum atomic E-state index is 0.931. The molecule has 0 amide bonds. The number of nitrogens with zero attached hydrogens (tertiary/aromatic N) is 4. The normalized spacial score (nSPS) is 25.5. The molecule has 2 fully saturated rings. The molecule has 0 unspecified atom stereocenters. The van der Waals surface area contributed by atoms with E-state index in [0.29, 0.717) is 0 Å². The lowest BCUT2D eigenvalue weighted by atomic mass is 10.3. The molecule has 2 heterocycles. The second-order valence-corrected chi connectivity index (χ2v) is 5.00. The summed E-state index contributed by atoms with van der Waals surface area (Å²) in [4.78, 5) is 13.8. The lowest BCUT2D eigenvalue weighted by Gasteiger charge is -2.11. The monoisotopic (exact) mass is 236 g/mol. The molecule has 0 radical (unpaired) electrons. The lowest BCUT2D eigenvalue weighted by molar-refractivity contribution is 0.545. The number of rotatable bonds is 4. The second kappa shape index (κ2) is 6.03. The van der Waals surface area contributed by atoms with Gasteiger partial charge in [0.1, 0.15) is 0 Å². The SMILES string of the molecule is CN1CCCC1=NCCCN=C1CCCN1C. The Bertz CT molecular complexity index is 279. The highest BCUT2D eigenvalue weighted by molar-refractivity contribution is 5.84.